The molecule has 0 fully saturated rings. The predicted molar refractivity (Wildman–Crippen MR) is 111 cm³/mol. The van der Waals surface area contributed by atoms with Gasteiger partial charge in [0.1, 0.15) is 0 Å². The van der Waals surface area contributed by atoms with E-state index in [2.05, 4.69) is 54.6 Å². The van der Waals surface area contributed by atoms with Crippen LogP contribution in [0.2, 0.25) is 23.2 Å². The maximum absolute atomic E-state index is 11.5. The van der Waals surface area contributed by atoms with Crippen molar-refractivity contribution < 1.29 is 21.5 Å². The quantitative estimate of drug-likeness (QED) is 0.427. The lowest BCUT2D eigenvalue weighted by molar-refractivity contribution is -0.00473. The Balaban J connectivity index is 5.21. The highest BCUT2D eigenvalue weighted by Crippen LogP contribution is 2.37. The SMILES string of the molecule is CC(C)(C)[SiH2]OC(C)(C)C(CO[Si](C)(C)C(C)(C)C)COS(C)(=O)=O. The van der Waals surface area contributed by atoms with Crippen molar-refractivity contribution >= 4 is 28.2 Å². The average molecular weight is 413 g/mol. The largest absolute Gasteiger partial charge is 0.418 e. The van der Waals surface area contributed by atoms with E-state index in [0.717, 1.165) is 6.26 Å². The zero-order valence-electron chi connectivity index (χ0n) is 18.1. The van der Waals surface area contributed by atoms with Crippen LogP contribution >= 0.6 is 0 Å². The second kappa shape index (κ2) is 8.52. The van der Waals surface area contributed by atoms with Crippen LogP contribution in [0.1, 0.15) is 55.4 Å². The highest BCUT2D eigenvalue weighted by Gasteiger charge is 2.40. The standard InChI is InChI=1S/C17H40O5SSi2/c1-15(2,3)24-22-17(7,8)14(12-20-23(9,18)19)13-21-25(10,11)16(4,5)6/h14H,12-13,24H2,1-11H3. The second-order valence-electron chi connectivity index (χ2n) is 10.2. The summed E-state index contributed by atoms with van der Waals surface area (Å²) in [5.74, 6) is -0.147. The van der Waals surface area contributed by atoms with Gasteiger partial charge in [0.2, 0.25) is 0 Å². The van der Waals surface area contributed by atoms with Crippen molar-refractivity contribution in [2.75, 3.05) is 19.5 Å². The Labute approximate surface area is 159 Å². The molecule has 8 heteroatoms. The molecular formula is C17H40O5SSi2. The molecule has 1 unspecified atom stereocenters. The predicted octanol–water partition coefficient (Wildman–Crippen LogP) is 3.70. The fourth-order valence-corrected chi connectivity index (χ4v) is 4.20. The first-order chi connectivity index (χ1) is 10.8. The van der Waals surface area contributed by atoms with Gasteiger partial charge in [0.15, 0.2) is 18.1 Å². The highest BCUT2D eigenvalue weighted by atomic mass is 32.2. The number of hydrogen-bond acceptors (Lipinski definition) is 5. The van der Waals surface area contributed by atoms with Crippen LogP contribution in [0, 0.1) is 5.92 Å². The first-order valence-corrected chi connectivity index (χ1v) is 14.9. The molecule has 0 N–H and O–H groups in total. The van der Waals surface area contributed by atoms with Gasteiger partial charge in [-0.15, -0.1) is 0 Å². The smallest absolute Gasteiger partial charge is 0.264 e. The molecule has 1 atom stereocenters. The van der Waals surface area contributed by atoms with E-state index in [9.17, 15) is 8.42 Å². The molecule has 0 bridgehead atoms. The van der Waals surface area contributed by atoms with E-state index in [0.29, 0.717) is 6.61 Å². The summed E-state index contributed by atoms with van der Waals surface area (Å²) >= 11 is 0. The molecule has 0 amide bonds. The summed E-state index contributed by atoms with van der Waals surface area (Å²) < 4.78 is 40.6. The van der Waals surface area contributed by atoms with Crippen molar-refractivity contribution in [3.8, 4) is 0 Å². The molecule has 0 radical (unpaired) electrons. The normalized spacial score (nSPS) is 16.6. The summed E-state index contributed by atoms with van der Waals surface area (Å²) in [6, 6.07) is 0. The zero-order chi connectivity index (χ0) is 20.3. The van der Waals surface area contributed by atoms with Crippen molar-refractivity contribution in [3.63, 3.8) is 0 Å². The van der Waals surface area contributed by atoms with Crippen molar-refractivity contribution in [2.24, 2.45) is 5.92 Å². The lowest BCUT2D eigenvalue weighted by Gasteiger charge is -2.41. The van der Waals surface area contributed by atoms with E-state index < -0.39 is 33.8 Å². The van der Waals surface area contributed by atoms with Crippen LogP contribution in [0.4, 0.5) is 0 Å². The highest BCUT2D eigenvalue weighted by molar-refractivity contribution is 7.85. The van der Waals surface area contributed by atoms with Crippen LogP contribution in [0.3, 0.4) is 0 Å². The van der Waals surface area contributed by atoms with E-state index in [-0.39, 0.29) is 22.6 Å². The van der Waals surface area contributed by atoms with Crippen molar-refractivity contribution in [2.45, 2.75) is 84.2 Å². The molecule has 0 aliphatic carbocycles. The fraction of sp³-hybridized carbons (Fsp3) is 1.00. The molecule has 0 aliphatic heterocycles. The van der Waals surface area contributed by atoms with Crippen molar-refractivity contribution in [1.29, 1.82) is 0 Å². The molecule has 0 spiro atoms. The van der Waals surface area contributed by atoms with E-state index in [1.54, 1.807) is 0 Å². The van der Waals surface area contributed by atoms with Gasteiger partial charge in [0.25, 0.3) is 10.1 Å². The molecule has 25 heavy (non-hydrogen) atoms. The first kappa shape index (κ1) is 25.3. The third-order valence-corrected chi connectivity index (χ3v) is 11.6. The van der Waals surface area contributed by atoms with Crippen LogP contribution in [0.15, 0.2) is 0 Å². The molecule has 5 nitrogen and oxygen atoms in total. The maximum Gasteiger partial charge on any atom is 0.264 e. The topological polar surface area (TPSA) is 61.8 Å². The van der Waals surface area contributed by atoms with Gasteiger partial charge in [-0.05, 0) is 37.0 Å². The first-order valence-electron chi connectivity index (χ1n) is 8.89. The lowest BCUT2D eigenvalue weighted by Crippen LogP contribution is -2.47. The molecule has 0 aromatic heterocycles. The molecule has 0 aromatic rings. The van der Waals surface area contributed by atoms with Crippen LogP contribution in [-0.4, -0.2) is 51.6 Å². The third-order valence-electron chi connectivity index (χ3n) is 4.80. The van der Waals surface area contributed by atoms with Gasteiger partial charge in [-0.25, -0.2) is 0 Å². The van der Waals surface area contributed by atoms with Gasteiger partial charge in [0.05, 0.1) is 18.5 Å². The molecule has 0 aliphatic rings. The minimum Gasteiger partial charge on any atom is -0.418 e. The molecular weight excluding hydrogens is 372 g/mol. The summed E-state index contributed by atoms with van der Waals surface area (Å²) in [4.78, 5) is 0. The number of rotatable bonds is 9. The van der Waals surface area contributed by atoms with Gasteiger partial charge in [0, 0.05) is 12.5 Å². The van der Waals surface area contributed by atoms with E-state index >= 15 is 0 Å². The van der Waals surface area contributed by atoms with E-state index in [1.165, 1.54) is 0 Å². The minimum atomic E-state index is -3.49. The van der Waals surface area contributed by atoms with Crippen LogP contribution in [0.5, 0.6) is 0 Å². The lowest BCUT2D eigenvalue weighted by atomic mass is 9.93. The van der Waals surface area contributed by atoms with Gasteiger partial charge in [-0.2, -0.15) is 8.42 Å². The molecule has 0 heterocycles. The monoisotopic (exact) mass is 412 g/mol. The summed E-state index contributed by atoms with van der Waals surface area (Å²) in [5, 5.41) is 0.264. The molecule has 0 saturated heterocycles. The maximum atomic E-state index is 11.5. The second-order valence-corrected chi connectivity index (χ2v) is 19.4. The minimum absolute atomic E-state index is 0.0823. The Morgan fingerprint density at radius 2 is 1.44 bits per heavy atom. The average Bonchev–Trinajstić information content (AvgIpc) is 2.32. The van der Waals surface area contributed by atoms with E-state index in [4.69, 9.17) is 13.0 Å². The Kier molecular flexibility index (Phi) is 8.61. The summed E-state index contributed by atoms with van der Waals surface area (Å²) in [5.41, 5.74) is -0.493. The van der Waals surface area contributed by atoms with Crippen LogP contribution in [0.25, 0.3) is 0 Å². The van der Waals surface area contributed by atoms with Crippen molar-refractivity contribution in [3.05, 3.63) is 0 Å². The van der Waals surface area contributed by atoms with Gasteiger partial charge < -0.3 is 8.85 Å². The van der Waals surface area contributed by atoms with Crippen molar-refractivity contribution in [1.82, 2.24) is 0 Å². The van der Waals surface area contributed by atoms with Gasteiger partial charge >= 0.3 is 0 Å². The van der Waals surface area contributed by atoms with E-state index in [1.807, 2.05) is 13.8 Å². The Morgan fingerprint density at radius 1 is 0.960 bits per heavy atom. The Morgan fingerprint density at radius 3 is 1.80 bits per heavy atom. The number of hydrogen-bond donors (Lipinski definition) is 0. The molecule has 0 rings (SSSR count). The Bertz CT molecular complexity index is 516. The van der Waals surface area contributed by atoms with Crippen LogP contribution < -0.4 is 0 Å². The summed E-state index contributed by atoms with van der Waals surface area (Å²) in [7, 11) is -6.20. The summed E-state index contributed by atoms with van der Waals surface area (Å²) in [6.07, 6.45) is 1.08. The third kappa shape index (κ3) is 10.2. The fourth-order valence-electron chi connectivity index (χ4n) is 1.70. The Hall–Kier alpha value is 0.264. The molecule has 0 aromatic carbocycles. The summed E-state index contributed by atoms with van der Waals surface area (Å²) in [6.45, 7) is 22.0. The van der Waals surface area contributed by atoms with Gasteiger partial charge in [-0.3, -0.25) is 4.18 Å². The molecule has 152 valence electrons. The zero-order valence-corrected chi connectivity index (χ0v) is 21.4. The van der Waals surface area contributed by atoms with Gasteiger partial charge in [-0.1, -0.05) is 41.5 Å². The molecule has 0 saturated carbocycles. The van der Waals surface area contributed by atoms with Crippen LogP contribution in [-0.2, 0) is 23.2 Å².